The first-order valence-electron chi connectivity index (χ1n) is 16.1. The second-order valence-corrected chi connectivity index (χ2v) is 13.9. The van der Waals surface area contributed by atoms with Crippen LogP contribution in [0.4, 0.5) is 34.4 Å². The molecule has 0 saturated heterocycles. The molecule has 0 saturated carbocycles. The molecule has 4 aromatic carbocycles. The zero-order valence-corrected chi connectivity index (χ0v) is 25.6. The summed E-state index contributed by atoms with van der Waals surface area (Å²) in [5.74, 6) is 4.02. The van der Waals surface area contributed by atoms with E-state index in [4.69, 9.17) is 9.72 Å². The molecule has 1 spiro atoms. The highest BCUT2D eigenvalue weighted by Gasteiger charge is 2.71. The van der Waals surface area contributed by atoms with E-state index in [1.165, 1.54) is 61.7 Å². The quantitative estimate of drug-likeness (QED) is 0.165. The standard InChI is InChI=1S/C40H28N5O/c1-39(2)26-14-6-12-24-22-10-4-5-11-23(22)25-13-9-21-43-37(25)45(34(24)26)35-27(39)18-19-31-33(35)40(43)32-28(15-7-17-30(32)46-31)44-36-29(16-8-20-41-36)42(3)38(40)44/h4-21,38H,1-3H3/q+1. The Balaban J connectivity index is 1.34. The number of hydrogen-bond donors (Lipinski definition) is 0. The number of ether oxygens (including phenoxy) is 1. The van der Waals surface area contributed by atoms with Crippen LogP contribution in [0.2, 0.25) is 0 Å². The summed E-state index contributed by atoms with van der Waals surface area (Å²) in [5, 5.41) is 0. The lowest BCUT2D eigenvalue weighted by Crippen LogP contribution is -2.71. The largest absolute Gasteiger partial charge is 0.456 e. The van der Waals surface area contributed by atoms with Crippen molar-refractivity contribution in [2.75, 3.05) is 21.7 Å². The molecule has 0 N–H and O–H groups in total. The number of fused-ring (bicyclic) bond motifs is 7. The zero-order valence-electron chi connectivity index (χ0n) is 25.6. The number of aromatic nitrogens is 2. The molecule has 6 aliphatic heterocycles. The third kappa shape index (κ3) is 2.22. The Labute approximate surface area is 266 Å². The van der Waals surface area contributed by atoms with Gasteiger partial charge in [-0.05, 0) is 53.6 Å². The van der Waals surface area contributed by atoms with E-state index in [9.17, 15) is 0 Å². The number of rotatable bonds is 0. The van der Waals surface area contributed by atoms with Gasteiger partial charge in [0.1, 0.15) is 22.9 Å². The number of pyridine rings is 2. The van der Waals surface area contributed by atoms with Gasteiger partial charge in [0.05, 0.1) is 34.3 Å². The predicted octanol–water partition coefficient (Wildman–Crippen LogP) is 8.26. The van der Waals surface area contributed by atoms with Crippen molar-refractivity contribution in [3.63, 3.8) is 0 Å². The number of para-hydroxylation sites is 1. The summed E-state index contributed by atoms with van der Waals surface area (Å²) in [6.07, 6.45) is 4.13. The van der Waals surface area contributed by atoms with Gasteiger partial charge in [-0.15, -0.1) is 0 Å². The Bertz CT molecular complexity index is 2450. The summed E-state index contributed by atoms with van der Waals surface area (Å²) in [5.41, 5.74) is 14.1. The SMILES string of the molecule is CN1c2cccnc2N2c3cccc4c3C3(c5c(ccc6c5N5c7c(cccc7C6(C)C)-c6ccccc6-c6ccc[n+]3c65)O4)C12. The van der Waals surface area contributed by atoms with Crippen molar-refractivity contribution in [2.45, 2.75) is 31.0 Å². The molecule has 8 heterocycles. The summed E-state index contributed by atoms with van der Waals surface area (Å²) >= 11 is 0. The molecule has 0 amide bonds. The predicted molar refractivity (Wildman–Crippen MR) is 179 cm³/mol. The van der Waals surface area contributed by atoms with Gasteiger partial charge in [0.25, 0.3) is 5.82 Å². The Hall–Kier alpha value is -5.62. The van der Waals surface area contributed by atoms with Crippen LogP contribution >= 0.6 is 0 Å². The van der Waals surface area contributed by atoms with Crippen LogP contribution < -0.4 is 24.0 Å². The van der Waals surface area contributed by atoms with Crippen LogP contribution in [0.1, 0.15) is 36.1 Å². The molecule has 12 rings (SSSR count). The molecular weight excluding hydrogens is 566 g/mol. The maximum atomic E-state index is 6.97. The second kappa shape index (κ2) is 7.26. The number of nitrogens with zero attached hydrogens (tertiary/aromatic N) is 5. The third-order valence-electron chi connectivity index (χ3n) is 11.6. The monoisotopic (exact) mass is 594 g/mol. The summed E-state index contributed by atoms with van der Waals surface area (Å²) in [4.78, 5) is 12.5. The van der Waals surface area contributed by atoms with E-state index in [0.717, 1.165) is 28.7 Å². The van der Waals surface area contributed by atoms with Crippen LogP contribution in [0.15, 0.2) is 109 Å². The van der Waals surface area contributed by atoms with Crippen molar-refractivity contribution in [3.05, 3.63) is 132 Å². The molecular formula is C40H28N5O+. The topological polar surface area (TPSA) is 35.7 Å². The Morgan fingerprint density at radius 1 is 0.696 bits per heavy atom. The molecule has 46 heavy (non-hydrogen) atoms. The average molecular weight is 595 g/mol. The Kier molecular flexibility index (Phi) is 3.74. The van der Waals surface area contributed by atoms with E-state index in [-0.39, 0.29) is 11.6 Å². The van der Waals surface area contributed by atoms with Gasteiger partial charge in [-0.1, -0.05) is 68.4 Å². The first kappa shape index (κ1) is 23.7. The lowest BCUT2D eigenvalue weighted by Gasteiger charge is -2.49. The minimum atomic E-state index is -0.621. The second-order valence-electron chi connectivity index (χ2n) is 13.9. The molecule has 6 aromatic rings. The van der Waals surface area contributed by atoms with Crippen LogP contribution in [0.5, 0.6) is 11.5 Å². The molecule has 2 atom stereocenters. The maximum Gasteiger partial charge on any atom is 0.296 e. The highest BCUT2D eigenvalue weighted by atomic mass is 16.5. The minimum absolute atomic E-state index is 0.0976. The lowest BCUT2D eigenvalue weighted by atomic mass is 9.67. The van der Waals surface area contributed by atoms with Gasteiger partial charge in [-0.25, -0.2) is 9.55 Å². The molecule has 0 radical (unpaired) electrons. The Morgan fingerprint density at radius 3 is 2.33 bits per heavy atom. The van der Waals surface area contributed by atoms with Crippen molar-refractivity contribution < 1.29 is 9.30 Å². The summed E-state index contributed by atoms with van der Waals surface area (Å²) in [6, 6.07) is 35.7. The highest BCUT2D eigenvalue weighted by Crippen LogP contribution is 2.70. The van der Waals surface area contributed by atoms with E-state index in [0.29, 0.717) is 0 Å². The molecule has 6 nitrogen and oxygen atoms in total. The molecule has 0 aliphatic carbocycles. The van der Waals surface area contributed by atoms with Crippen molar-refractivity contribution in [3.8, 4) is 33.8 Å². The van der Waals surface area contributed by atoms with Gasteiger partial charge < -0.3 is 9.64 Å². The van der Waals surface area contributed by atoms with E-state index < -0.39 is 5.54 Å². The van der Waals surface area contributed by atoms with Crippen molar-refractivity contribution >= 4 is 34.4 Å². The first-order valence-corrected chi connectivity index (χ1v) is 16.1. The average Bonchev–Trinajstić information content (AvgIpc) is 3.51. The summed E-state index contributed by atoms with van der Waals surface area (Å²) in [7, 11) is 2.23. The van der Waals surface area contributed by atoms with Gasteiger partial charge >= 0.3 is 0 Å². The molecule has 6 heteroatoms. The van der Waals surface area contributed by atoms with E-state index in [1.807, 2.05) is 6.20 Å². The fourth-order valence-corrected chi connectivity index (χ4v) is 9.95. The normalized spacial score (nSPS) is 21.5. The Morgan fingerprint density at radius 2 is 1.43 bits per heavy atom. The fraction of sp³-hybridized carbons (Fsp3) is 0.150. The fourth-order valence-electron chi connectivity index (χ4n) is 9.95. The number of anilines is 6. The summed E-state index contributed by atoms with van der Waals surface area (Å²) in [6.45, 7) is 4.78. The first-order chi connectivity index (χ1) is 22.5. The minimum Gasteiger partial charge on any atom is -0.456 e. The molecule has 0 bridgehead atoms. The van der Waals surface area contributed by atoms with Crippen LogP contribution in [-0.4, -0.2) is 18.2 Å². The van der Waals surface area contributed by atoms with Crippen LogP contribution in [0.3, 0.4) is 0 Å². The molecule has 2 aromatic heterocycles. The molecule has 0 fully saturated rings. The zero-order chi connectivity index (χ0) is 30.3. The van der Waals surface area contributed by atoms with E-state index >= 15 is 0 Å². The maximum absolute atomic E-state index is 6.97. The smallest absolute Gasteiger partial charge is 0.296 e. The molecule has 218 valence electrons. The highest BCUT2D eigenvalue weighted by molar-refractivity contribution is 6.06. The van der Waals surface area contributed by atoms with E-state index in [1.54, 1.807) is 0 Å². The van der Waals surface area contributed by atoms with Gasteiger partial charge in [0, 0.05) is 35.3 Å². The van der Waals surface area contributed by atoms with Gasteiger partial charge in [0.2, 0.25) is 5.54 Å². The van der Waals surface area contributed by atoms with Gasteiger partial charge in [-0.3, -0.25) is 4.90 Å². The molecule has 2 unspecified atom stereocenters. The number of benzene rings is 4. The van der Waals surface area contributed by atoms with Crippen molar-refractivity contribution in [2.24, 2.45) is 0 Å². The van der Waals surface area contributed by atoms with Crippen molar-refractivity contribution in [1.29, 1.82) is 0 Å². The molecule has 6 aliphatic rings. The summed E-state index contributed by atoms with van der Waals surface area (Å²) < 4.78 is 9.57. The van der Waals surface area contributed by atoms with Gasteiger partial charge in [-0.2, -0.15) is 4.90 Å². The van der Waals surface area contributed by atoms with Gasteiger partial charge in [0.15, 0.2) is 12.0 Å². The van der Waals surface area contributed by atoms with Crippen molar-refractivity contribution in [1.82, 2.24) is 4.98 Å². The lowest BCUT2D eigenvalue weighted by molar-refractivity contribution is -0.734. The number of likely N-dealkylation sites (N-methyl/N-ethyl adjacent to an activating group) is 1. The third-order valence-corrected chi connectivity index (χ3v) is 11.6. The van der Waals surface area contributed by atoms with Crippen LogP contribution in [0, 0.1) is 0 Å². The number of hydrogen-bond acceptors (Lipinski definition) is 5. The van der Waals surface area contributed by atoms with E-state index in [2.05, 4.69) is 143 Å². The van der Waals surface area contributed by atoms with Crippen LogP contribution in [-0.2, 0) is 11.0 Å². The van der Waals surface area contributed by atoms with Crippen LogP contribution in [0.25, 0.3) is 22.3 Å².